The fraction of sp³-hybridized carbons (Fsp3) is 0.533. The Labute approximate surface area is 125 Å². The number of benzene rings is 1. The van der Waals surface area contributed by atoms with Crippen molar-refractivity contribution in [3.8, 4) is 0 Å². The molecule has 1 aliphatic rings. The van der Waals surface area contributed by atoms with E-state index in [1.807, 2.05) is 0 Å². The zero-order valence-electron chi connectivity index (χ0n) is 12.4. The molecule has 21 heavy (non-hydrogen) atoms. The molecular weight excluding hydrogens is 290 g/mol. The van der Waals surface area contributed by atoms with Crippen LogP contribution < -0.4 is 0 Å². The number of sulfonamides is 1. The summed E-state index contributed by atoms with van der Waals surface area (Å²) in [7, 11) is -3.39. The molecule has 116 valence electrons. The number of piperidine rings is 1. The lowest BCUT2D eigenvalue weighted by molar-refractivity contribution is 0.0696. The molecule has 0 atom stereocenters. The van der Waals surface area contributed by atoms with Crippen LogP contribution in [0.2, 0.25) is 0 Å². The summed E-state index contributed by atoms with van der Waals surface area (Å²) in [6.07, 6.45) is 1.70. The molecule has 0 radical (unpaired) electrons. The van der Waals surface area contributed by atoms with Gasteiger partial charge in [0.25, 0.3) is 0 Å². The molecular formula is C15H21NO4S. The van der Waals surface area contributed by atoms with Crippen LogP contribution in [0.25, 0.3) is 0 Å². The highest BCUT2D eigenvalue weighted by molar-refractivity contribution is 7.88. The third-order valence-corrected chi connectivity index (χ3v) is 5.84. The molecule has 0 saturated carbocycles. The second-order valence-corrected chi connectivity index (χ2v) is 8.29. The molecule has 0 aromatic heterocycles. The Morgan fingerprint density at radius 3 is 2.48 bits per heavy atom. The molecule has 0 spiro atoms. The maximum atomic E-state index is 12.4. The van der Waals surface area contributed by atoms with E-state index in [0.717, 1.165) is 12.8 Å². The minimum atomic E-state index is -3.39. The van der Waals surface area contributed by atoms with Gasteiger partial charge in [-0.3, -0.25) is 0 Å². The number of aromatic carboxylic acids is 1. The number of rotatable bonds is 4. The van der Waals surface area contributed by atoms with Crippen LogP contribution in [-0.2, 0) is 15.8 Å². The molecule has 1 N–H and O–H groups in total. The van der Waals surface area contributed by atoms with Crippen LogP contribution >= 0.6 is 0 Å². The maximum absolute atomic E-state index is 12.4. The number of carboxylic acids is 1. The molecule has 0 amide bonds. The highest BCUT2D eigenvalue weighted by Crippen LogP contribution is 2.31. The molecule has 0 unspecified atom stereocenters. The minimum Gasteiger partial charge on any atom is -0.478 e. The highest BCUT2D eigenvalue weighted by Gasteiger charge is 2.31. The molecule has 1 aromatic carbocycles. The number of hydrogen-bond acceptors (Lipinski definition) is 3. The van der Waals surface area contributed by atoms with E-state index in [-0.39, 0.29) is 16.7 Å². The Bertz CT molecular complexity index is 627. The van der Waals surface area contributed by atoms with Gasteiger partial charge in [-0.1, -0.05) is 26.0 Å². The average molecular weight is 311 g/mol. The summed E-state index contributed by atoms with van der Waals surface area (Å²) in [5, 5.41) is 8.95. The van der Waals surface area contributed by atoms with Crippen molar-refractivity contribution in [2.24, 2.45) is 5.41 Å². The lowest BCUT2D eigenvalue weighted by Gasteiger charge is -2.36. The molecule has 6 heteroatoms. The number of carbonyl (C=O) groups is 1. The summed E-state index contributed by atoms with van der Waals surface area (Å²) < 4.78 is 26.4. The van der Waals surface area contributed by atoms with E-state index in [9.17, 15) is 13.2 Å². The second-order valence-electron chi connectivity index (χ2n) is 6.33. The van der Waals surface area contributed by atoms with E-state index >= 15 is 0 Å². The quantitative estimate of drug-likeness (QED) is 0.926. The van der Waals surface area contributed by atoms with Gasteiger partial charge in [0.2, 0.25) is 10.0 Å². The van der Waals surface area contributed by atoms with Gasteiger partial charge in [0.15, 0.2) is 0 Å². The summed E-state index contributed by atoms with van der Waals surface area (Å²) in [6.45, 7) is 5.36. The van der Waals surface area contributed by atoms with Crippen LogP contribution in [0.1, 0.15) is 42.6 Å². The monoisotopic (exact) mass is 311 g/mol. The number of nitrogens with zero attached hydrogens (tertiary/aromatic N) is 1. The Kier molecular flexibility index (Phi) is 4.39. The van der Waals surface area contributed by atoms with Crippen molar-refractivity contribution >= 4 is 16.0 Å². The van der Waals surface area contributed by atoms with Crippen LogP contribution in [0, 0.1) is 5.41 Å². The third kappa shape index (κ3) is 4.04. The summed E-state index contributed by atoms with van der Waals surface area (Å²) in [4.78, 5) is 10.9. The Hall–Kier alpha value is -1.40. The first-order chi connectivity index (χ1) is 9.70. The first kappa shape index (κ1) is 16.0. The predicted molar refractivity (Wildman–Crippen MR) is 80.6 cm³/mol. The molecule has 1 saturated heterocycles. The summed E-state index contributed by atoms with van der Waals surface area (Å²) >= 11 is 0. The van der Waals surface area contributed by atoms with Gasteiger partial charge in [0.1, 0.15) is 0 Å². The van der Waals surface area contributed by atoms with Gasteiger partial charge in [-0.2, -0.15) is 0 Å². The van der Waals surface area contributed by atoms with Crippen LogP contribution in [0.5, 0.6) is 0 Å². The van der Waals surface area contributed by atoms with Gasteiger partial charge < -0.3 is 5.11 Å². The lowest BCUT2D eigenvalue weighted by Crippen LogP contribution is -2.41. The van der Waals surface area contributed by atoms with E-state index in [2.05, 4.69) is 13.8 Å². The van der Waals surface area contributed by atoms with Gasteiger partial charge in [-0.05, 0) is 36.0 Å². The van der Waals surface area contributed by atoms with E-state index in [1.54, 1.807) is 12.1 Å². The molecule has 0 bridgehead atoms. The molecule has 1 aliphatic heterocycles. The first-order valence-corrected chi connectivity index (χ1v) is 8.61. The topological polar surface area (TPSA) is 74.7 Å². The standard InChI is InChI=1S/C15H21NO4S/c1-15(2)6-8-16(9-7-15)21(19,20)11-12-4-3-5-13(10-12)14(17)18/h3-5,10H,6-9,11H2,1-2H3,(H,17,18). The molecule has 5 nitrogen and oxygen atoms in total. The lowest BCUT2D eigenvalue weighted by atomic mass is 9.83. The van der Waals surface area contributed by atoms with Crippen LogP contribution in [0.4, 0.5) is 0 Å². The van der Waals surface area contributed by atoms with Crippen molar-refractivity contribution in [2.75, 3.05) is 13.1 Å². The van der Waals surface area contributed by atoms with Crippen molar-refractivity contribution in [1.82, 2.24) is 4.31 Å². The van der Waals surface area contributed by atoms with Crippen LogP contribution in [0.15, 0.2) is 24.3 Å². The van der Waals surface area contributed by atoms with Crippen molar-refractivity contribution in [3.63, 3.8) is 0 Å². The van der Waals surface area contributed by atoms with Gasteiger partial charge >= 0.3 is 5.97 Å². The predicted octanol–water partition coefficient (Wildman–Crippen LogP) is 2.34. The van der Waals surface area contributed by atoms with Crippen LogP contribution in [0.3, 0.4) is 0 Å². The Morgan fingerprint density at radius 1 is 1.29 bits per heavy atom. The Morgan fingerprint density at radius 2 is 1.90 bits per heavy atom. The van der Waals surface area contributed by atoms with Crippen molar-refractivity contribution in [1.29, 1.82) is 0 Å². The summed E-state index contributed by atoms with van der Waals surface area (Å²) in [5.74, 6) is -1.19. The average Bonchev–Trinajstić information content (AvgIpc) is 2.37. The first-order valence-electron chi connectivity index (χ1n) is 7.00. The summed E-state index contributed by atoms with van der Waals surface area (Å²) in [6, 6.07) is 6.11. The largest absolute Gasteiger partial charge is 0.478 e. The fourth-order valence-corrected chi connectivity index (χ4v) is 3.99. The smallest absolute Gasteiger partial charge is 0.335 e. The maximum Gasteiger partial charge on any atom is 0.335 e. The second kappa shape index (κ2) is 5.77. The summed E-state index contributed by atoms with van der Waals surface area (Å²) in [5.41, 5.74) is 0.817. The fourth-order valence-electron chi connectivity index (χ4n) is 2.47. The SMILES string of the molecule is CC1(C)CCN(S(=O)(=O)Cc2cccc(C(=O)O)c2)CC1. The van der Waals surface area contributed by atoms with E-state index < -0.39 is 16.0 Å². The molecule has 1 heterocycles. The normalized spacial score (nSPS) is 19.3. The zero-order chi connectivity index (χ0) is 15.7. The van der Waals surface area contributed by atoms with Crippen molar-refractivity contribution < 1.29 is 18.3 Å². The van der Waals surface area contributed by atoms with Crippen LogP contribution in [-0.4, -0.2) is 36.9 Å². The molecule has 2 rings (SSSR count). The van der Waals surface area contributed by atoms with E-state index in [0.29, 0.717) is 18.7 Å². The van der Waals surface area contributed by atoms with E-state index in [4.69, 9.17) is 5.11 Å². The van der Waals surface area contributed by atoms with Crippen molar-refractivity contribution in [3.05, 3.63) is 35.4 Å². The number of carboxylic acid groups (broad SMARTS) is 1. The zero-order valence-corrected chi connectivity index (χ0v) is 13.2. The molecule has 0 aliphatic carbocycles. The number of hydrogen-bond donors (Lipinski definition) is 1. The molecule has 1 aromatic rings. The van der Waals surface area contributed by atoms with Gasteiger partial charge in [0, 0.05) is 13.1 Å². The minimum absolute atomic E-state index is 0.113. The van der Waals surface area contributed by atoms with E-state index in [1.165, 1.54) is 16.4 Å². The Balaban J connectivity index is 2.11. The highest BCUT2D eigenvalue weighted by atomic mass is 32.2. The third-order valence-electron chi connectivity index (χ3n) is 3.99. The van der Waals surface area contributed by atoms with Gasteiger partial charge in [-0.25, -0.2) is 17.5 Å². The van der Waals surface area contributed by atoms with Crippen molar-refractivity contribution in [2.45, 2.75) is 32.4 Å². The van der Waals surface area contributed by atoms with Gasteiger partial charge in [0.05, 0.1) is 11.3 Å². The van der Waals surface area contributed by atoms with Gasteiger partial charge in [-0.15, -0.1) is 0 Å². The molecule has 1 fully saturated rings.